The minimum Gasteiger partial charge on any atom is -0.386 e. The van der Waals surface area contributed by atoms with E-state index in [-0.39, 0.29) is 4.92 Å². The zero-order chi connectivity index (χ0) is 17.3. The average Bonchev–Trinajstić information content (AvgIpc) is 2.53. The van der Waals surface area contributed by atoms with Gasteiger partial charge in [0, 0.05) is 17.8 Å². The number of nitrogens with zero attached hydrogens (tertiary/aromatic N) is 1. The number of aldehydes is 1. The van der Waals surface area contributed by atoms with E-state index in [1.807, 2.05) is 0 Å². The molecule has 0 spiro atoms. The first-order chi connectivity index (χ1) is 11.1. The van der Waals surface area contributed by atoms with Crippen LogP contribution in [0.15, 0.2) is 0 Å². The lowest BCUT2D eigenvalue weighted by Crippen LogP contribution is -2.33. The Balaban J connectivity index is 3.71. The van der Waals surface area contributed by atoms with E-state index in [4.69, 9.17) is 0 Å². The van der Waals surface area contributed by atoms with Gasteiger partial charge in [-0.05, 0) is 19.3 Å². The molecule has 2 atom stereocenters. The summed E-state index contributed by atoms with van der Waals surface area (Å²) >= 11 is 0. The second-order valence-electron chi connectivity index (χ2n) is 6.49. The minimum atomic E-state index is -0.884. The van der Waals surface area contributed by atoms with Crippen LogP contribution in [0, 0.1) is 10.1 Å². The number of hydrogen-bond donors (Lipinski definition) is 1. The SMILES string of the molecule is CCCCCCCCCCCC(C(O)CCCCC=O)[N+](=O)[O-]. The van der Waals surface area contributed by atoms with E-state index in [9.17, 15) is 20.0 Å². The average molecular weight is 329 g/mol. The molecule has 0 aliphatic heterocycles. The van der Waals surface area contributed by atoms with Crippen molar-refractivity contribution in [3.05, 3.63) is 10.1 Å². The van der Waals surface area contributed by atoms with Gasteiger partial charge >= 0.3 is 0 Å². The summed E-state index contributed by atoms with van der Waals surface area (Å²) in [7, 11) is 0. The Labute approximate surface area is 141 Å². The molecule has 0 aliphatic rings. The normalized spacial score (nSPS) is 13.7. The molecule has 0 aliphatic carbocycles. The topological polar surface area (TPSA) is 80.4 Å². The van der Waals surface area contributed by atoms with E-state index in [2.05, 4.69) is 6.92 Å². The Morgan fingerprint density at radius 1 is 0.913 bits per heavy atom. The Morgan fingerprint density at radius 2 is 1.43 bits per heavy atom. The highest BCUT2D eigenvalue weighted by Crippen LogP contribution is 2.16. The zero-order valence-electron chi connectivity index (χ0n) is 14.8. The Bertz CT molecular complexity index is 297. The minimum absolute atomic E-state index is 0.338. The molecule has 1 N–H and O–H groups in total. The van der Waals surface area contributed by atoms with Gasteiger partial charge in [0.15, 0.2) is 0 Å². The molecular weight excluding hydrogens is 294 g/mol. The van der Waals surface area contributed by atoms with Crippen molar-refractivity contribution in [3.8, 4) is 0 Å². The predicted octanol–water partition coefficient (Wildman–Crippen LogP) is 4.67. The summed E-state index contributed by atoms with van der Waals surface area (Å²) < 4.78 is 0. The van der Waals surface area contributed by atoms with Crippen LogP contribution in [-0.2, 0) is 4.79 Å². The highest BCUT2D eigenvalue weighted by molar-refractivity contribution is 5.48. The zero-order valence-corrected chi connectivity index (χ0v) is 14.8. The number of rotatable bonds is 17. The molecule has 0 radical (unpaired) electrons. The molecule has 0 aromatic heterocycles. The Morgan fingerprint density at radius 3 is 1.96 bits per heavy atom. The molecule has 0 bridgehead atoms. The first-order valence-electron chi connectivity index (χ1n) is 9.38. The van der Waals surface area contributed by atoms with Gasteiger partial charge in [-0.1, -0.05) is 64.7 Å². The number of carbonyl (C=O) groups is 1. The highest BCUT2D eigenvalue weighted by atomic mass is 16.6. The number of unbranched alkanes of at least 4 members (excludes halogenated alkanes) is 10. The fourth-order valence-electron chi connectivity index (χ4n) is 2.88. The van der Waals surface area contributed by atoms with Gasteiger partial charge in [0.05, 0.1) is 0 Å². The molecule has 0 saturated heterocycles. The van der Waals surface area contributed by atoms with E-state index in [1.165, 1.54) is 38.5 Å². The molecule has 136 valence electrons. The lowest BCUT2D eigenvalue weighted by molar-refractivity contribution is -0.535. The van der Waals surface area contributed by atoms with Crippen molar-refractivity contribution in [1.29, 1.82) is 0 Å². The fraction of sp³-hybridized carbons (Fsp3) is 0.944. The lowest BCUT2D eigenvalue weighted by atomic mass is 9.98. The van der Waals surface area contributed by atoms with Crippen LogP contribution in [0.3, 0.4) is 0 Å². The van der Waals surface area contributed by atoms with Gasteiger partial charge in [-0.2, -0.15) is 0 Å². The van der Waals surface area contributed by atoms with E-state index in [0.717, 1.165) is 25.5 Å². The number of aliphatic hydroxyl groups excluding tert-OH is 1. The third-order valence-electron chi connectivity index (χ3n) is 4.39. The van der Waals surface area contributed by atoms with Crippen molar-refractivity contribution in [2.45, 2.75) is 109 Å². The van der Waals surface area contributed by atoms with Gasteiger partial charge in [-0.15, -0.1) is 0 Å². The van der Waals surface area contributed by atoms with Crippen LogP contribution in [0.25, 0.3) is 0 Å². The first-order valence-corrected chi connectivity index (χ1v) is 9.38. The van der Waals surface area contributed by atoms with Crippen molar-refractivity contribution in [2.24, 2.45) is 0 Å². The third-order valence-corrected chi connectivity index (χ3v) is 4.39. The molecule has 0 aromatic rings. The van der Waals surface area contributed by atoms with Crippen LogP contribution in [0.5, 0.6) is 0 Å². The van der Waals surface area contributed by atoms with Gasteiger partial charge < -0.3 is 9.90 Å². The maximum Gasteiger partial charge on any atom is 0.238 e. The highest BCUT2D eigenvalue weighted by Gasteiger charge is 2.28. The van der Waals surface area contributed by atoms with E-state index >= 15 is 0 Å². The molecule has 2 unspecified atom stereocenters. The summed E-state index contributed by atoms with van der Waals surface area (Å²) in [6, 6.07) is -0.851. The van der Waals surface area contributed by atoms with Crippen molar-refractivity contribution >= 4 is 6.29 Å². The number of nitro groups is 1. The van der Waals surface area contributed by atoms with E-state index < -0.39 is 12.1 Å². The molecule has 5 heteroatoms. The second-order valence-corrected chi connectivity index (χ2v) is 6.49. The van der Waals surface area contributed by atoms with Crippen molar-refractivity contribution < 1.29 is 14.8 Å². The van der Waals surface area contributed by atoms with Crippen molar-refractivity contribution in [2.75, 3.05) is 0 Å². The summed E-state index contributed by atoms with van der Waals surface area (Å²) in [5.74, 6) is 0. The van der Waals surface area contributed by atoms with Crippen LogP contribution < -0.4 is 0 Å². The number of hydrogen-bond acceptors (Lipinski definition) is 4. The maximum atomic E-state index is 11.1. The van der Waals surface area contributed by atoms with Crippen LogP contribution in [0.2, 0.25) is 0 Å². The van der Waals surface area contributed by atoms with Crippen LogP contribution >= 0.6 is 0 Å². The summed E-state index contributed by atoms with van der Waals surface area (Å²) in [5, 5.41) is 21.1. The number of aliphatic hydroxyl groups is 1. The third kappa shape index (κ3) is 13.2. The van der Waals surface area contributed by atoms with Crippen molar-refractivity contribution in [1.82, 2.24) is 0 Å². The quantitative estimate of drug-likeness (QED) is 0.182. The summed E-state index contributed by atoms with van der Waals surface area (Å²) in [5.41, 5.74) is 0. The summed E-state index contributed by atoms with van der Waals surface area (Å²) in [4.78, 5) is 21.0. The molecule has 0 rings (SSSR count). The van der Waals surface area contributed by atoms with Gasteiger partial charge in [-0.3, -0.25) is 10.1 Å². The van der Waals surface area contributed by atoms with Crippen LogP contribution in [0.1, 0.15) is 96.8 Å². The summed E-state index contributed by atoms with van der Waals surface area (Å²) in [6.45, 7) is 2.21. The molecule has 0 fully saturated rings. The van der Waals surface area contributed by atoms with Gasteiger partial charge in [0.1, 0.15) is 12.4 Å². The largest absolute Gasteiger partial charge is 0.386 e. The van der Waals surface area contributed by atoms with Crippen LogP contribution in [-0.4, -0.2) is 28.5 Å². The van der Waals surface area contributed by atoms with Crippen molar-refractivity contribution in [3.63, 3.8) is 0 Å². The van der Waals surface area contributed by atoms with Crippen LogP contribution in [0.4, 0.5) is 0 Å². The molecule has 5 nitrogen and oxygen atoms in total. The maximum absolute atomic E-state index is 11.1. The van der Waals surface area contributed by atoms with Gasteiger partial charge in [-0.25, -0.2) is 0 Å². The molecule has 23 heavy (non-hydrogen) atoms. The predicted molar refractivity (Wildman–Crippen MR) is 93.2 cm³/mol. The second kappa shape index (κ2) is 15.9. The first kappa shape index (κ1) is 22.0. The van der Waals surface area contributed by atoms with Gasteiger partial charge in [0.2, 0.25) is 6.04 Å². The van der Waals surface area contributed by atoms with E-state index in [1.54, 1.807) is 0 Å². The molecular formula is C18H35NO4. The summed E-state index contributed by atoms with van der Waals surface area (Å²) in [6.07, 6.45) is 13.3. The monoisotopic (exact) mass is 329 g/mol. The van der Waals surface area contributed by atoms with Gasteiger partial charge in [0.25, 0.3) is 0 Å². The molecule has 0 amide bonds. The smallest absolute Gasteiger partial charge is 0.238 e. The molecule has 0 heterocycles. The Kier molecular flexibility index (Phi) is 15.2. The van der Waals surface area contributed by atoms with E-state index in [0.29, 0.717) is 32.1 Å². The number of carbonyl (C=O) groups excluding carboxylic acids is 1. The fourth-order valence-corrected chi connectivity index (χ4v) is 2.88. The molecule has 0 aromatic carbocycles. The standard InChI is InChI=1S/C18H35NO4/c1-2-3-4-5-6-7-8-9-11-14-17(19(22)23)18(21)15-12-10-13-16-20/h16-18,21H,2-15H2,1H3. The Hall–Kier alpha value is -0.970. The molecule has 0 saturated carbocycles. The lowest BCUT2D eigenvalue weighted by Gasteiger charge is -2.15.